The molecule has 21 heavy (non-hydrogen) atoms. The largest absolute Gasteiger partial charge is 0.481 e. The average molecular weight is 348 g/mol. The van der Waals surface area contributed by atoms with Gasteiger partial charge < -0.3 is 10.1 Å². The average Bonchev–Trinajstić information content (AvgIpc) is 2.45. The van der Waals surface area contributed by atoms with Crippen LogP contribution in [-0.2, 0) is 4.79 Å². The van der Waals surface area contributed by atoms with E-state index in [4.69, 9.17) is 4.74 Å². The fourth-order valence-electron chi connectivity index (χ4n) is 1.84. The maximum atomic E-state index is 12.1. The highest BCUT2D eigenvalue weighted by Crippen LogP contribution is 2.20. The maximum absolute atomic E-state index is 12.1. The SMILES string of the molecule is Cc1ccc(O[C@@H](C)C(=O)Nc2ccc(Br)c(C)c2)cc1. The molecule has 0 aliphatic heterocycles. The summed E-state index contributed by atoms with van der Waals surface area (Å²) >= 11 is 3.44. The van der Waals surface area contributed by atoms with Crippen molar-refractivity contribution in [3.05, 3.63) is 58.1 Å². The molecule has 110 valence electrons. The van der Waals surface area contributed by atoms with Crippen LogP contribution < -0.4 is 10.1 Å². The van der Waals surface area contributed by atoms with Crippen LogP contribution in [0.5, 0.6) is 5.75 Å². The Morgan fingerprint density at radius 3 is 2.43 bits per heavy atom. The van der Waals surface area contributed by atoms with Crippen molar-refractivity contribution >= 4 is 27.5 Å². The van der Waals surface area contributed by atoms with Gasteiger partial charge in [0.05, 0.1) is 0 Å². The number of amides is 1. The van der Waals surface area contributed by atoms with Gasteiger partial charge in [-0.25, -0.2) is 0 Å². The van der Waals surface area contributed by atoms with E-state index in [0.717, 1.165) is 21.3 Å². The number of anilines is 1. The predicted octanol–water partition coefficient (Wildman–Crippen LogP) is 4.47. The van der Waals surface area contributed by atoms with Crippen molar-refractivity contribution in [2.75, 3.05) is 5.32 Å². The van der Waals surface area contributed by atoms with Gasteiger partial charge in [0, 0.05) is 10.2 Å². The number of carbonyl (C=O) groups is 1. The zero-order chi connectivity index (χ0) is 15.4. The molecule has 1 atom stereocenters. The molecule has 0 aliphatic rings. The number of benzene rings is 2. The van der Waals surface area contributed by atoms with E-state index in [-0.39, 0.29) is 5.91 Å². The van der Waals surface area contributed by atoms with Gasteiger partial charge in [-0.1, -0.05) is 33.6 Å². The van der Waals surface area contributed by atoms with Crippen molar-refractivity contribution in [1.82, 2.24) is 0 Å². The van der Waals surface area contributed by atoms with Gasteiger partial charge in [-0.05, 0) is 56.7 Å². The number of hydrogen-bond acceptors (Lipinski definition) is 2. The molecule has 0 heterocycles. The molecule has 0 aromatic heterocycles. The quantitative estimate of drug-likeness (QED) is 0.885. The molecule has 2 rings (SSSR count). The third-order valence-corrected chi connectivity index (χ3v) is 4.02. The smallest absolute Gasteiger partial charge is 0.265 e. The Balaban J connectivity index is 1.98. The molecule has 1 amide bonds. The lowest BCUT2D eigenvalue weighted by Gasteiger charge is -2.15. The normalized spacial score (nSPS) is 11.8. The van der Waals surface area contributed by atoms with Crippen LogP contribution in [-0.4, -0.2) is 12.0 Å². The highest BCUT2D eigenvalue weighted by Gasteiger charge is 2.15. The third-order valence-electron chi connectivity index (χ3n) is 3.13. The summed E-state index contributed by atoms with van der Waals surface area (Å²) in [5.41, 5.74) is 2.99. The maximum Gasteiger partial charge on any atom is 0.265 e. The fraction of sp³-hybridized carbons (Fsp3) is 0.235. The van der Waals surface area contributed by atoms with Crippen molar-refractivity contribution in [2.24, 2.45) is 0 Å². The number of halogens is 1. The van der Waals surface area contributed by atoms with E-state index in [9.17, 15) is 4.79 Å². The second-order valence-corrected chi connectivity index (χ2v) is 5.88. The first-order valence-electron chi connectivity index (χ1n) is 6.76. The molecule has 0 fully saturated rings. The summed E-state index contributed by atoms with van der Waals surface area (Å²) in [5, 5.41) is 2.86. The zero-order valence-corrected chi connectivity index (χ0v) is 13.9. The number of carbonyl (C=O) groups excluding carboxylic acids is 1. The summed E-state index contributed by atoms with van der Waals surface area (Å²) in [6.45, 7) is 5.72. The highest BCUT2D eigenvalue weighted by molar-refractivity contribution is 9.10. The van der Waals surface area contributed by atoms with E-state index in [0.29, 0.717) is 5.75 Å². The Kier molecular flexibility index (Phi) is 5.02. The summed E-state index contributed by atoms with van der Waals surface area (Å²) in [4.78, 5) is 12.1. The summed E-state index contributed by atoms with van der Waals surface area (Å²) in [5.74, 6) is 0.521. The number of aryl methyl sites for hydroxylation is 2. The van der Waals surface area contributed by atoms with Crippen molar-refractivity contribution in [2.45, 2.75) is 26.9 Å². The van der Waals surface area contributed by atoms with Crippen LogP contribution in [0.25, 0.3) is 0 Å². The van der Waals surface area contributed by atoms with Gasteiger partial charge in [-0.3, -0.25) is 4.79 Å². The molecule has 0 aliphatic carbocycles. The van der Waals surface area contributed by atoms with Gasteiger partial charge in [0.25, 0.3) is 5.91 Å². The van der Waals surface area contributed by atoms with E-state index in [1.165, 1.54) is 0 Å². The van der Waals surface area contributed by atoms with Crippen molar-refractivity contribution in [3.8, 4) is 5.75 Å². The molecule has 0 spiro atoms. The first-order valence-corrected chi connectivity index (χ1v) is 7.55. The molecule has 2 aromatic carbocycles. The second kappa shape index (κ2) is 6.76. The number of hydrogen-bond donors (Lipinski definition) is 1. The summed E-state index contributed by atoms with van der Waals surface area (Å²) < 4.78 is 6.65. The Hall–Kier alpha value is -1.81. The van der Waals surface area contributed by atoms with Crippen LogP contribution in [0.4, 0.5) is 5.69 Å². The zero-order valence-electron chi connectivity index (χ0n) is 12.3. The topological polar surface area (TPSA) is 38.3 Å². The van der Waals surface area contributed by atoms with Crippen LogP contribution in [0, 0.1) is 13.8 Å². The van der Waals surface area contributed by atoms with E-state index in [1.807, 2.05) is 56.3 Å². The Morgan fingerprint density at radius 2 is 1.81 bits per heavy atom. The fourth-order valence-corrected chi connectivity index (χ4v) is 2.09. The third kappa shape index (κ3) is 4.33. The highest BCUT2D eigenvalue weighted by atomic mass is 79.9. The lowest BCUT2D eigenvalue weighted by molar-refractivity contribution is -0.122. The van der Waals surface area contributed by atoms with Gasteiger partial charge in [-0.15, -0.1) is 0 Å². The van der Waals surface area contributed by atoms with Gasteiger partial charge in [-0.2, -0.15) is 0 Å². The molecule has 0 unspecified atom stereocenters. The Labute approximate surface area is 133 Å². The standard InChI is InChI=1S/C17H18BrNO2/c1-11-4-7-15(8-5-11)21-13(3)17(20)19-14-6-9-16(18)12(2)10-14/h4-10,13H,1-3H3,(H,19,20)/t13-/m0/s1. The van der Waals surface area contributed by atoms with Crippen LogP contribution in [0.15, 0.2) is 46.9 Å². The lowest BCUT2D eigenvalue weighted by atomic mass is 10.2. The summed E-state index contributed by atoms with van der Waals surface area (Å²) in [7, 11) is 0. The summed E-state index contributed by atoms with van der Waals surface area (Å²) in [6, 6.07) is 13.3. The monoisotopic (exact) mass is 347 g/mol. The van der Waals surface area contributed by atoms with Crippen LogP contribution in [0.2, 0.25) is 0 Å². The van der Waals surface area contributed by atoms with Crippen LogP contribution in [0.3, 0.4) is 0 Å². The van der Waals surface area contributed by atoms with E-state index in [2.05, 4.69) is 21.2 Å². The molecule has 0 radical (unpaired) electrons. The first-order chi connectivity index (χ1) is 9.95. The first kappa shape index (κ1) is 15.6. The molecule has 3 nitrogen and oxygen atoms in total. The van der Waals surface area contributed by atoms with Crippen LogP contribution >= 0.6 is 15.9 Å². The lowest BCUT2D eigenvalue weighted by Crippen LogP contribution is -2.30. The minimum absolute atomic E-state index is 0.169. The number of ether oxygens (including phenoxy) is 1. The van der Waals surface area contributed by atoms with Gasteiger partial charge in [0.15, 0.2) is 6.10 Å². The predicted molar refractivity (Wildman–Crippen MR) is 88.8 cm³/mol. The van der Waals surface area contributed by atoms with Gasteiger partial charge in [0.2, 0.25) is 0 Å². The van der Waals surface area contributed by atoms with Gasteiger partial charge in [0.1, 0.15) is 5.75 Å². The van der Waals surface area contributed by atoms with Gasteiger partial charge >= 0.3 is 0 Å². The molecular weight excluding hydrogens is 330 g/mol. The molecule has 2 aromatic rings. The molecule has 0 saturated heterocycles. The van der Waals surface area contributed by atoms with E-state index in [1.54, 1.807) is 6.92 Å². The van der Waals surface area contributed by atoms with E-state index < -0.39 is 6.10 Å². The molecule has 0 saturated carbocycles. The second-order valence-electron chi connectivity index (χ2n) is 5.03. The molecular formula is C17H18BrNO2. The number of nitrogens with one attached hydrogen (secondary N) is 1. The Morgan fingerprint density at radius 1 is 1.14 bits per heavy atom. The van der Waals surface area contributed by atoms with Crippen molar-refractivity contribution in [3.63, 3.8) is 0 Å². The Bertz CT molecular complexity index is 638. The minimum Gasteiger partial charge on any atom is -0.481 e. The van der Waals surface area contributed by atoms with Crippen LogP contribution in [0.1, 0.15) is 18.1 Å². The van der Waals surface area contributed by atoms with E-state index >= 15 is 0 Å². The molecule has 0 bridgehead atoms. The van der Waals surface area contributed by atoms with Crippen molar-refractivity contribution in [1.29, 1.82) is 0 Å². The molecule has 1 N–H and O–H groups in total. The minimum atomic E-state index is -0.559. The number of rotatable bonds is 4. The summed E-state index contributed by atoms with van der Waals surface area (Å²) in [6.07, 6.45) is -0.559. The molecule has 4 heteroatoms. The van der Waals surface area contributed by atoms with Crippen molar-refractivity contribution < 1.29 is 9.53 Å².